The zero-order valence-electron chi connectivity index (χ0n) is 7.81. The van der Waals surface area contributed by atoms with Crippen LogP contribution in [0.1, 0.15) is 5.56 Å². The van der Waals surface area contributed by atoms with Crippen LogP contribution in [0, 0.1) is 17.1 Å². The minimum Gasteiger partial charge on any atom is -0.255 e. The third kappa shape index (κ3) is 2.00. The van der Waals surface area contributed by atoms with E-state index in [9.17, 15) is 4.39 Å². The molecule has 0 N–H and O–H groups in total. The van der Waals surface area contributed by atoms with Gasteiger partial charge in [0.2, 0.25) is 0 Å². The Bertz CT molecular complexity index is 495. The number of pyridine rings is 1. The third-order valence-electron chi connectivity index (χ3n) is 2.03. The molecule has 0 aliphatic rings. The van der Waals surface area contributed by atoms with E-state index >= 15 is 0 Å². The summed E-state index contributed by atoms with van der Waals surface area (Å²) in [4.78, 5) is 4.10. The number of hydrogen-bond acceptors (Lipinski definition) is 2. The molecule has 1 aromatic heterocycles. The Morgan fingerprint density at radius 3 is 2.33 bits per heavy atom. The fourth-order valence-electron chi connectivity index (χ4n) is 1.25. The second kappa shape index (κ2) is 3.89. The van der Waals surface area contributed by atoms with E-state index in [4.69, 9.17) is 5.26 Å². The van der Waals surface area contributed by atoms with Gasteiger partial charge in [-0.25, -0.2) is 4.39 Å². The number of nitriles is 1. The number of rotatable bonds is 1. The quantitative estimate of drug-likeness (QED) is 0.706. The molecule has 0 saturated carbocycles. The predicted octanol–water partition coefficient (Wildman–Crippen LogP) is 2.76. The molecule has 0 saturated heterocycles. The van der Waals surface area contributed by atoms with E-state index in [2.05, 4.69) is 4.98 Å². The maximum absolute atomic E-state index is 12.7. The van der Waals surface area contributed by atoms with Crippen molar-refractivity contribution in [3.05, 3.63) is 54.0 Å². The van der Waals surface area contributed by atoms with E-state index in [0.29, 0.717) is 5.56 Å². The molecule has 1 heterocycles. The largest absolute Gasteiger partial charge is 0.255 e. The van der Waals surface area contributed by atoms with Crippen LogP contribution in [0.2, 0.25) is 0 Å². The van der Waals surface area contributed by atoms with Crippen molar-refractivity contribution in [1.82, 2.24) is 4.98 Å². The van der Waals surface area contributed by atoms with Gasteiger partial charge in [-0.2, -0.15) is 5.26 Å². The molecular formula is C12H7FN2. The van der Waals surface area contributed by atoms with Crippen molar-refractivity contribution in [3.63, 3.8) is 0 Å². The van der Waals surface area contributed by atoms with Crippen molar-refractivity contribution in [2.24, 2.45) is 0 Å². The summed E-state index contributed by atoms with van der Waals surface area (Å²) < 4.78 is 12.7. The van der Waals surface area contributed by atoms with Gasteiger partial charge in [0.1, 0.15) is 11.9 Å². The smallest absolute Gasteiger partial charge is 0.123 e. The first-order valence-corrected chi connectivity index (χ1v) is 4.42. The predicted molar refractivity (Wildman–Crippen MR) is 54.3 cm³/mol. The molecule has 2 nitrogen and oxygen atoms in total. The van der Waals surface area contributed by atoms with Gasteiger partial charge in [-0.15, -0.1) is 0 Å². The first-order chi connectivity index (χ1) is 7.29. The highest BCUT2D eigenvalue weighted by Crippen LogP contribution is 2.16. The lowest BCUT2D eigenvalue weighted by Crippen LogP contribution is -1.84. The lowest BCUT2D eigenvalue weighted by molar-refractivity contribution is 0.628. The van der Waals surface area contributed by atoms with E-state index in [1.54, 1.807) is 24.3 Å². The second-order valence-electron chi connectivity index (χ2n) is 3.05. The third-order valence-corrected chi connectivity index (χ3v) is 2.03. The van der Waals surface area contributed by atoms with Gasteiger partial charge in [0.15, 0.2) is 0 Å². The molecule has 0 amide bonds. The molecule has 2 aromatic rings. The van der Waals surface area contributed by atoms with E-state index in [1.165, 1.54) is 18.3 Å². The van der Waals surface area contributed by atoms with Gasteiger partial charge in [0, 0.05) is 11.8 Å². The molecule has 0 atom stereocenters. The van der Waals surface area contributed by atoms with Crippen LogP contribution in [-0.4, -0.2) is 4.98 Å². The summed E-state index contributed by atoms with van der Waals surface area (Å²) in [7, 11) is 0. The van der Waals surface area contributed by atoms with Gasteiger partial charge in [-0.1, -0.05) is 0 Å². The molecule has 3 heteroatoms. The summed E-state index contributed by atoms with van der Waals surface area (Å²) in [6, 6.07) is 11.5. The molecular weight excluding hydrogens is 191 g/mol. The molecule has 0 aliphatic heterocycles. The number of aromatic nitrogens is 1. The second-order valence-corrected chi connectivity index (χ2v) is 3.05. The first-order valence-electron chi connectivity index (χ1n) is 4.42. The summed E-state index contributed by atoms with van der Waals surface area (Å²) in [5, 5.41) is 8.60. The molecule has 1 aromatic carbocycles. The van der Waals surface area contributed by atoms with Crippen molar-refractivity contribution in [3.8, 4) is 17.3 Å². The highest BCUT2D eigenvalue weighted by Gasteiger charge is 1.99. The van der Waals surface area contributed by atoms with Gasteiger partial charge in [0.05, 0.1) is 11.3 Å². The van der Waals surface area contributed by atoms with Crippen molar-refractivity contribution >= 4 is 0 Å². The van der Waals surface area contributed by atoms with Crippen LogP contribution in [0.15, 0.2) is 42.6 Å². The first kappa shape index (κ1) is 9.35. The van der Waals surface area contributed by atoms with Crippen LogP contribution in [0.4, 0.5) is 4.39 Å². The summed E-state index contributed by atoms with van der Waals surface area (Å²) >= 11 is 0. The Morgan fingerprint density at radius 1 is 1.07 bits per heavy atom. The molecule has 15 heavy (non-hydrogen) atoms. The zero-order chi connectivity index (χ0) is 10.7. The van der Waals surface area contributed by atoms with Crippen LogP contribution >= 0.6 is 0 Å². The van der Waals surface area contributed by atoms with Gasteiger partial charge in [-0.3, -0.25) is 4.98 Å². The Kier molecular flexibility index (Phi) is 2.42. The highest BCUT2D eigenvalue weighted by molar-refractivity contribution is 5.59. The molecule has 72 valence electrons. The molecule has 0 unspecified atom stereocenters. The molecule has 0 aliphatic carbocycles. The van der Waals surface area contributed by atoms with E-state index in [0.717, 1.165) is 11.3 Å². The number of benzene rings is 1. The van der Waals surface area contributed by atoms with Crippen molar-refractivity contribution in [2.75, 3.05) is 0 Å². The van der Waals surface area contributed by atoms with Crippen LogP contribution in [0.3, 0.4) is 0 Å². The van der Waals surface area contributed by atoms with Gasteiger partial charge in [0.25, 0.3) is 0 Å². The SMILES string of the molecule is N#Cc1ccc(-c2ccc(F)cc2)nc1. The number of halogens is 1. The van der Waals surface area contributed by atoms with Crippen LogP contribution < -0.4 is 0 Å². The van der Waals surface area contributed by atoms with E-state index in [-0.39, 0.29) is 5.82 Å². The lowest BCUT2D eigenvalue weighted by atomic mass is 10.1. The number of hydrogen-bond donors (Lipinski definition) is 0. The molecule has 0 spiro atoms. The summed E-state index contributed by atoms with van der Waals surface area (Å²) in [5.41, 5.74) is 2.08. The van der Waals surface area contributed by atoms with Crippen LogP contribution in [0.25, 0.3) is 11.3 Å². The fraction of sp³-hybridized carbons (Fsp3) is 0. The Hall–Kier alpha value is -2.21. The number of nitrogens with zero attached hydrogens (tertiary/aromatic N) is 2. The topological polar surface area (TPSA) is 36.7 Å². The Labute approximate surface area is 86.6 Å². The van der Waals surface area contributed by atoms with Crippen LogP contribution in [0.5, 0.6) is 0 Å². The minimum atomic E-state index is -0.271. The monoisotopic (exact) mass is 198 g/mol. The average Bonchev–Trinajstić information content (AvgIpc) is 2.30. The summed E-state index contributed by atoms with van der Waals surface area (Å²) in [6.45, 7) is 0. The van der Waals surface area contributed by atoms with Gasteiger partial charge < -0.3 is 0 Å². The average molecular weight is 198 g/mol. The summed E-state index contributed by atoms with van der Waals surface area (Å²) in [5.74, 6) is -0.271. The fourth-order valence-corrected chi connectivity index (χ4v) is 1.25. The summed E-state index contributed by atoms with van der Waals surface area (Å²) in [6.07, 6.45) is 1.50. The lowest BCUT2D eigenvalue weighted by Gasteiger charge is -1.99. The zero-order valence-corrected chi connectivity index (χ0v) is 7.81. The van der Waals surface area contributed by atoms with Gasteiger partial charge in [-0.05, 0) is 36.4 Å². The van der Waals surface area contributed by atoms with E-state index < -0.39 is 0 Å². The van der Waals surface area contributed by atoms with Crippen LogP contribution in [-0.2, 0) is 0 Å². The van der Waals surface area contributed by atoms with E-state index in [1.807, 2.05) is 6.07 Å². The standard InChI is InChI=1S/C12H7FN2/c13-11-4-2-10(3-5-11)12-6-1-9(7-14)8-15-12/h1-6,8H. The molecule has 0 bridgehead atoms. The maximum atomic E-state index is 12.7. The maximum Gasteiger partial charge on any atom is 0.123 e. The van der Waals surface area contributed by atoms with Crippen molar-refractivity contribution in [1.29, 1.82) is 5.26 Å². The van der Waals surface area contributed by atoms with Crippen molar-refractivity contribution < 1.29 is 4.39 Å². The molecule has 0 radical (unpaired) electrons. The normalized spacial score (nSPS) is 9.60. The molecule has 0 fully saturated rings. The Morgan fingerprint density at radius 2 is 1.80 bits per heavy atom. The minimum absolute atomic E-state index is 0.271. The van der Waals surface area contributed by atoms with Gasteiger partial charge >= 0.3 is 0 Å². The highest BCUT2D eigenvalue weighted by atomic mass is 19.1. The Balaban J connectivity index is 2.38. The van der Waals surface area contributed by atoms with Crippen molar-refractivity contribution in [2.45, 2.75) is 0 Å². The molecule has 2 rings (SSSR count).